The molecule has 30 heavy (non-hydrogen) atoms. The SMILES string of the molecule is CCCNC(=O)[C@H]1CN(C(=O)c2ccc(F)cc2)C[C@H]1c1cc(OC)ccc1OC. The molecular weight excluding hydrogens is 387 g/mol. The average molecular weight is 414 g/mol. The molecule has 2 amide bonds. The summed E-state index contributed by atoms with van der Waals surface area (Å²) in [5.41, 5.74) is 1.21. The zero-order valence-electron chi connectivity index (χ0n) is 17.5. The van der Waals surface area contributed by atoms with E-state index in [1.807, 2.05) is 13.0 Å². The molecule has 1 saturated heterocycles. The predicted octanol–water partition coefficient (Wildman–Crippen LogP) is 3.22. The summed E-state index contributed by atoms with van der Waals surface area (Å²) in [5.74, 6) is -0.108. The van der Waals surface area contributed by atoms with E-state index >= 15 is 0 Å². The molecule has 3 rings (SSSR count). The number of carbonyl (C=O) groups is 2. The molecule has 1 N–H and O–H groups in total. The van der Waals surface area contributed by atoms with Gasteiger partial charge in [0.15, 0.2) is 0 Å². The number of nitrogens with one attached hydrogen (secondary N) is 1. The maximum absolute atomic E-state index is 13.2. The Kier molecular flexibility index (Phi) is 6.92. The highest BCUT2D eigenvalue weighted by Crippen LogP contribution is 2.40. The van der Waals surface area contributed by atoms with Crippen molar-refractivity contribution in [2.75, 3.05) is 33.9 Å². The first-order valence-corrected chi connectivity index (χ1v) is 10.0. The monoisotopic (exact) mass is 414 g/mol. The highest BCUT2D eigenvalue weighted by atomic mass is 19.1. The lowest BCUT2D eigenvalue weighted by Gasteiger charge is -2.21. The second-order valence-electron chi connectivity index (χ2n) is 7.33. The summed E-state index contributed by atoms with van der Waals surface area (Å²) in [4.78, 5) is 27.6. The molecule has 2 aromatic carbocycles. The van der Waals surface area contributed by atoms with Gasteiger partial charge >= 0.3 is 0 Å². The Morgan fingerprint density at radius 1 is 1.10 bits per heavy atom. The summed E-state index contributed by atoms with van der Waals surface area (Å²) >= 11 is 0. The van der Waals surface area contributed by atoms with Crippen LogP contribution in [0.5, 0.6) is 11.5 Å². The first-order valence-electron chi connectivity index (χ1n) is 10.0. The van der Waals surface area contributed by atoms with Gasteiger partial charge in [-0.2, -0.15) is 0 Å². The highest BCUT2D eigenvalue weighted by molar-refractivity contribution is 5.95. The quantitative estimate of drug-likeness (QED) is 0.755. The Labute approximate surface area is 176 Å². The topological polar surface area (TPSA) is 67.9 Å². The second-order valence-corrected chi connectivity index (χ2v) is 7.33. The second kappa shape index (κ2) is 9.61. The minimum atomic E-state index is -0.429. The molecule has 0 aromatic heterocycles. The van der Waals surface area contributed by atoms with E-state index in [1.54, 1.807) is 31.3 Å². The fraction of sp³-hybridized carbons (Fsp3) is 0.391. The normalized spacial score (nSPS) is 18.2. The van der Waals surface area contributed by atoms with Gasteiger partial charge in [-0.1, -0.05) is 6.92 Å². The lowest BCUT2D eigenvalue weighted by Crippen LogP contribution is -2.36. The zero-order chi connectivity index (χ0) is 21.7. The van der Waals surface area contributed by atoms with Crippen molar-refractivity contribution < 1.29 is 23.5 Å². The minimum absolute atomic E-state index is 0.0962. The van der Waals surface area contributed by atoms with E-state index < -0.39 is 11.7 Å². The molecule has 0 saturated carbocycles. The standard InChI is InChI=1S/C23H27FN2O4/c1-4-11-25-22(27)20-14-26(23(28)15-5-7-16(24)8-6-15)13-19(20)18-12-17(29-2)9-10-21(18)30-3/h5-10,12,19-20H,4,11,13-14H2,1-3H3,(H,25,27)/t19-,20-/m0/s1. The molecule has 7 heteroatoms. The lowest BCUT2D eigenvalue weighted by atomic mass is 9.87. The number of hydrogen-bond acceptors (Lipinski definition) is 4. The number of methoxy groups -OCH3 is 2. The molecule has 2 atom stereocenters. The first kappa shape index (κ1) is 21.6. The van der Waals surface area contributed by atoms with Crippen LogP contribution >= 0.6 is 0 Å². The van der Waals surface area contributed by atoms with Crippen LogP contribution in [0.1, 0.15) is 35.2 Å². The Bertz CT molecular complexity index is 901. The third-order valence-corrected chi connectivity index (χ3v) is 5.42. The van der Waals surface area contributed by atoms with E-state index in [4.69, 9.17) is 9.47 Å². The van der Waals surface area contributed by atoms with Crippen LogP contribution in [0.3, 0.4) is 0 Å². The molecule has 0 radical (unpaired) electrons. The fourth-order valence-corrected chi connectivity index (χ4v) is 3.83. The number of amides is 2. The predicted molar refractivity (Wildman–Crippen MR) is 111 cm³/mol. The number of likely N-dealkylation sites (tertiary alicyclic amines) is 1. The van der Waals surface area contributed by atoms with Crippen LogP contribution in [0.4, 0.5) is 4.39 Å². The van der Waals surface area contributed by atoms with E-state index in [0.717, 1.165) is 12.0 Å². The molecule has 160 valence electrons. The molecule has 1 fully saturated rings. The van der Waals surface area contributed by atoms with E-state index in [2.05, 4.69) is 5.32 Å². The Morgan fingerprint density at radius 3 is 2.47 bits per heavy atom. The molecule has 1 aliphatic rings. The van der Waals surface area contributed by atoms with Gasteiger partial charge in [-0.05, 0) is 48.9 Å². The van der Waals surface area contributed by atoms with Crippen LogP contribution in [0.15, 0.2) is 42.5 Å². The summed E-state index contributed by atoms with van der Waals surface area (Å²) < 4.78 is 24.1. The Hall–Kier alpha value is -3.09. The Balaban J connectivity index is 1.93. The van der Waals surface area contributed by atoms with Gasteiger partial charge in [0.05, 0.1) is 20.1 Å². The van der Waals surface area contributed by atoms with Gasteiger partial charge in [-0.15, -0.1) is 0 Å². The van der Waals surface area contributed by atoms with Crippen molar-refractivity contribution in [2.45, 2.75) is 19.3 Å². The zero-order valence-corrected chi connectivity index (χ0v) is 17.5. The van der Waals surface area contributed by atoms with Crippen molar-refractivity contribution in [3.63, 3.8) is 0 Å². The van der Waals surface area contributed by atoms with Gasteiger partial charge in [-0.25, -0.2) is 4.39 Å². The van der Waals surface area contributed by atoms with Crippen molar-refractivity contribution in [1.82, 2.24) is 10.2 Å². The summed E-state index contributed by atoms with van der Waals surface area (Å²) in [6.07, 6.45) is 0.823. The fourth-order valence-electron chi connectivity index (χ4n) is 3.83. The number of hydrogen-bond donors (Lipinski definition) is 1. The third-order valence-electron chi connectivity index (χ3n) is 5.42. The average Bonchev–Trinajstić information content (AvgIpc) is 3.22. The number of benzene rings is 2. The van der Waals surface area contributed by atoms with Crippen LogP contribution in [0.25, 0.3) is 0 Å². The number of rotatable bonds is 7. The van der Waals surface area contributed by atoms with E-state index in [1.165, 1.54) is 24.3 Å². The van der Waals surface area contributed by atoms with Crippen LogP contribution in [0.2, 0.25) is 0 Å². The molecule has 1 aliphatic heterocycles. The molecule has 1 heterocycles. The highest BCUT2D eigenvalue weighted by Gasteiger charge is 2.41. The van der Waals surface area contributed by atoms with E-state index in [9.17, 15) is 14.0 Å². The van der Waals surface area contributed by atoms with Crippen LogP contribution in [-0.4, -0.2) is 50.6 Å². The van der Waals surface area contributed by atoms with E-state index in [-0.39, 0.29) is 24.3 Å². The number of halogens is 1. The molecule has 0 spiro atoms. The maximum Gasteiger partial charge on any atom is 0.253 e. The smallest absolute Gasteiger partial charge is 0.253 e. The summed E-state index contributed by atoms with van der Waals surface area (Å²) in [7, 11) is 3.16. The van der Waals surface area contributed by atoms with E-state index in [0.29, 0.717) is 30.2 Å². The molecule has 6 nitrogen and oxygen atoms in total. The van der Waals surface area contributed by atoms with Crippen molar-refractivity contribution >= 4 is 11.8 Å². The minimum Gasteiger partial charge on any atom is -0.497 e. The van der Waals surface area contributed by atoms with Crippen molar-refractivity contribution in [1.29, 1.82) is 0 Å². The van der Waals surface area contributed by atoms with Gasteiger partial charge in [0.1, 0.15) is 17.3 Å². The first-order chi connectivity index (χ1) is 14.5. The van der Waals surface area contributed by atoms with Crippen LogP contribution in [0, 0.1) is 11.7 Å². The van der Waals surface area contributed by atoms with Crippen LogP contribution in [-0.2, 0) is 4.79 Å². The van der Waals surface area contributed by atoms with Gasteiger partial charge in [-0.3, -0.25) is 9.59 Å². The third kappa shape index (κ3) is 4.56. The maximum atomic E-state index is 13.2. The van der Waals surface area contributed by atoms with Gasteiger partial charge in [0, 0.05) is 36.7 Å². The molecule has 2 aromatic rings. The summed E-state index contributed by atoms with van der Waals surface area (Å²) in [5, 5.41) is 2.95. The molecule has 0 aliphatic carbocycles. The lowest BCUT2D eigenvalue weighted by molar-refractivity contribution is -0.124. The van der Waals surface area contributed by atoms with Crippen molar-refractivity contribution in [3.8, 4) is 11.5 Å². The van der Waals surface area contributed by atoms with Gasteiger partial charge < -0.3 is 19.7 Å². The molecule has 0 bridgehead atoms. The summed E-state index contributed by atoms with van der Waals surface area (Å²) in [6.45, 7) is 3.19. The largest absolute Gasteiger partial charge is 0.497 e. The van der Waals surface area contributed by atoms with Crippen molar-refractivity contribution in [3.05, 3.63) is 59.4 Å². The number of carbonyl (C=O) groups excluding carboxylic acids is 2. The van der Waals surface area contributed by atoms with Crippen LogP contribution < -0.4 is 14.8 Å². The molecule has 0 unspecified atom stereocenters. The van der Waals surface area contributed by atoms with Gasteiger partial charge in [0.25, 0.3) is 5.91 Å². The number of nitrogens with zero attached hydrogens (tertiary/aromatic N) is 1. The number of ether oxygens (including phenoxy) is 2. The summed E-state index contributed by atoms with van der Waals surface area (Å²) in [6, 6.07) is 10.9. The Morgan fingerprint density at radius 2 is 1.83 bits per heavy atom. The molecular formula is C23H27FN2O4. The van der Waals surface area contributed by atoms with Gasteiger partial charge in [0.2, 0.25) is 5.91 Å². The van der Waals surface area contributed by atoms with Crippen molar-refractivity contribution in [2.24, 2.45) is 5.92 Å².